The number of benzene rings is 1. The Morgan fingerprint density at radius 3 is 3.12 bits per heavy atom. The monoisotopic (exact) mass is 349 g/mol. The van der Waals surface area contributed by atoms with Gasteiger partial charge in [-0.15, -0.1) is 0 Å². The van der Waals surface area contributed by atoms with Gasteiger partial charge in [0.1, 0.15) is 18.1 Å². The standard InChI is InChI=1S/C21H23N3O2/c1-15(24-18-9-8-17-13-23-26-21(17)12-18)16-5-4-7-20(11-16)25-14-19-6-2-3-10-22-19/h2-7,10-11,13,15,18,24H,8-9,12,14H2,1H3. The molecule has 26 heavy (non-hydrogen) atoms. The van der Waals surface area contributed by atoms with E-state index >= 15 is 0 Å². The van der Waals surface area contributed by atoms with Crippen molar-refractivity contribution in [2.24, 2.45) is 0 Å². The molecule has 1 aliphatic carbocycles. The average molecular weight is 349 g/mol. The number of pyridine rings is 1. The summed E-state index contributed by atoms with van der Waals surface area (Å²) in [5.41, 5.74) is 3.39. The van der Waals surface area contributed by atoms with Crippen molar-refractivity contribution in [3.8, 4) is 5.75 Å². The van der Waals surface area contributed by atoms with Crippen LogP contribution in [-0.4, -0.2) is 16.2 Å². The minimum atomic E-state index is 0.239. The molecule has 2 aromatic heterocycles. The number of aromatic nitrogens is 2. The van der Waals surface area contributed by atoms with Crippen LogP contribution < -0.4 is 10.1 Å². The Morgan fingerprint density at radius 2 is 2.23 bits per heavy atom. The molecule has 1 aromatic carbocycles. The van der Waals surface area contributed by atoms with E-state index in [4.69, 9.17) is 9.26 Å². The van der Waals surface area contributed by atoms with Crippen molar-refractivity contribution >= 4 is 0 Å². The average Bonchev–Trinajstić information content (AvgIpc) is 3.15. The van der Waals surface area contributed by atoms with Crippen LogP contribution in [0, 0.1) is 0 Å². The van der Waals surface area contributed by atoms with E-state index < -0.39 is 0 Å². The molecule has 2 atom stereocenters. The SMILES string of the molecule is CC(NC1CCc2cnoc2C1)c1cccc(OCc2ccccn2)c1. The summed E-state index contributed by atoms with van der Waals surface area (Å²) < 4.78 is 11.2. The molecule has 0 fully saturated rings. The number of nitrogens with zero attached hydrogens (tertiary/aromatic N) is 2. The number of hydrogen-bond acceptors (Lipinski definition) is 5. The number of fused-ring (bicyclic) bond motifs is 1. The molecule has 2 unspecified atom stereocenters. The molecule has 0 spiro atoms. The Bertz CT molecular complexity index is 847. The highest BCUT2D eigenvalue weighted by Crippen LogP contribution is 2.25. The summed E-state index contributed by atoms with van der Waals surface area (Å²) in [4.78, 5) is 4.29. The minimum Gasteiger partial charge on any atom is -0.487 e. The van der Waals surface area contributed by atoms with Crippen molar-refractivity contribution in [2.75, 3.05) is 0 Å². The second-order valence-corrected chi connectivity index (χ2v) is 6.78. The molecule has 2 heterocycles. The van der Waals surface area contributed by atoms with Crippen molar-refractivity contribution < 1.29 is 9.26 Å². The highest BCUT2D eigenvalue weighted by molar-refractivity contribution is 5.31. The van der Waals surface area contributed by atoms with Crippen LogP contribution in [0.5, 0.6) is 5.75 Å². The first kappa shape index (κ1) is 16.8. The quantitative estimate of drug-likeness (QED) is 0.732. The molecule has 1 N–H and O–H groups in total. The van der Waals surface area contributed by atoms with E-state index in [1.807, 2.05) is 36.5 Å². The lowest BCUT2D eigenvalue weighted by molar-refractivity contribution is 0.300. The van der Waals surface area contributed by atoms with Gasteiger partial charge in [-0.25, -0.2) is 0 Å². The van der Waals surface area contributed by atoms with Crippen LogP contribution in [0.4, 0.5) is 0 Å². The number of ether oxygens (including phenoxy) is 1. The smallest absolute Gasteiger partial charge is 0.141 e. The number of nitrogens with one attached hydrogen (secondary N) is 1. The van der Waals surface area contributed by atoms with Gasteiger partial charge in [-0.2, -0.15) is 0 Å². The van der Waals surface area contributed by atoms with Gasteiger partial charge in [-0.05, 0) is 49.6 Å². The van der Waals surface area contributed by atoms with Crippen molar-refractivity contribution in [3.63, 3.8) is 0 Å². The van der Waals surface area contributed by atoms with Gasteiger partial charge in [0.15, 0.2) is 0 Å². The molecule has 0 saturated carbocycles. The van der Waals surface area contributed by atoms with Gasteiger partial charge in [0.05, 0.1) is 11.9 Å². The maximum atomic E-state index is 5.90. The molecule has 3 aromatic rings. The van der Waals surface area contributed by atoms with E-state index in [-0.39, 0.29) is 6.04 Å². The Hall–Kier alpha value is -2.66. The Morgan fingerprint density at radius 1 is 1.27 bits per heavy atom. The lowest BCUT2D eigenvalue weighted by Gasteiger charge is -2.26. The fraction of sp³-hybridized carbons (Fsp3) is 0.333. The predicted octanol–water partition coefficient (Wildman–Crippen LogP) is 3.86. The number of aryl methyl sites for hydroxylation is 1. The maximum Gasteiger partial charge on any atom is 0.141 e. The largest absolute Gasteiger partial charge is 0.487 e. The van der Waals surface area contributed by atoms with E-state index in [0.29, 0.717) is 12.6 Å². The van der Waals surface area contributed by atoms with Crippen LogP contribution in [0.1, 0.15) is 42.0 Å². The third-order valence-corrected chi connectivity index (χ3v) is 4.88. The lowest BCUT2D eigenvalue weighted by Crippen LogP contribution is -2.35. The summed E-state index contributed by atoms with van der Waals surface area (Å²) in [7, 11) is 0. The van der Waals surface area contributed by atoms with Gasteiger partial charge < -0.3 is 14.6 Å². The van der Waals surface area contributed by atoms with E-state index in [2.05, 4.69) is 34.5 Å². The van der Waals surface area contributed by atoms with E-state index in [0.717, 1.165) is 36.5 Å². The summed E-state index contributed by atoms with van der Waals surface area (Å²) in [6, 6.07) is 14.7. The van der Waals surface area contributed by atoms with Crippen molar-refractivity contribution in [1.82, 2.24) is 15.5 Å². The van der Waals surface area contributed by atoms with Gasteiger partial charge in [0.2, 0.25) is 0 Å². The fourth-order valence-corrected chi connectivity index (χ4v) is 3.42. The molecule has 4 rings (SSSR count). The van der Waals surface area contributed by atoms with Crippen molar-refractivity contribution in [1.29, 1.82) is 0 Å². The second kappa shape index (κ2) is 7.70. The first-order chi connectivity index (χ1) is 12.8. The highest BCUT2D eigenvalue weighted by atomic mass is 16.5. The molecule has 0 saturated heterocycles. The molecule has 134 valence electrons. The number of hydrogen-bond donors (Lipinski definition) is 1. The Labute approximate surface area is 153 Å². The van der Waals surface area contributed by atoms with Crippen LogP contribution in [0.15, 0.2) is 59.4 Å². The molecule has 5 heteroatoms. The van der Waals surface area contributed by atoms with Crippen LogP contribution in [-0.2, 0) is 19.4 Å². The molecular formula is C21H23N3O2. The summed E-state index contributed by atoms with van der Waals surface area (Å²) in [6.07, 6.45) is 6.66. The van der Waals surface area contributed by atoms with Gasteiger partial charge >= 0.3 is 0 Å². The third kappa shape index (κ3) is 3.94. The molecule has 0 aliphatic heterocycles. The van der Waals surface area contributed by atoms with Crippen LogP contribution in [0.3, 0.4) is 0 Å². The summed E-state index contributed by atoms with van der Waals surface area (Å²) in [5, 5.41) is 7.62. The number of rotatable bonds is 6. The summed E-state index contributed by atoms with van der Waals surface area (Å²) >= 11 is 0. The Balaban J connectivity index is 1.36. The molecule has 0 amide bonds. The molecule has 0 bridgehead atoms. The third-order valence-electron chi connectivity index (χ3n) is 4.88. The first-order valence-corrected chi connectivity index (χ1v) is 9.09. The van der Waals surface area contributed by atoms with Gasteiger partial charge in [0.25, 0.3) is 0 Å². The molecule has 1 aliphatic rings. The van der Waals surface area contributed by atoms with Crippen LogP contribution in [0.25, 0.3) is 0 Å². The summed E-state index contributed by atoms with van der Waals surface area (Å²) in [6.45, 7) is 2.66. The van der Waals surface area contributed by atoms with E-state index in [1.165, 1.54) is 11.1 Å². The zero-order valence-corrected chi connectivity index (χ0v) is 14.9. The van der Waals surface area contributed by atoms with Crippen LogP contribution in [0.2, 0.25) is 0 Å². The summed E-state index contributed by atoms with van der Waals surface area (Å²) in [5.74, 6) is 1.89. The normalized spacial score (nSPS) is 17.5. The predicted molar refractivity (Wildman–Crippen MR) is 98.9 cm³/mol. The van der Waals surface area contributed by atoms with Crippen molar-refractivity contribution in [3.05, 3.63) is 77.4 Å². The zero-order chi connectivity index (χ0) is 17.8. The fourth-order valence-electron chi connectivity index (χ4n) is 3.42. The van der Waals surface area contributed by atoms with Crippen LogP contribution >= 0.6 is 0 Å². The van der Waals surface area contributed by atoms with Gasteiger partial charge in [-0.1, -0.05) is 23.4 Å². The van der Waals surface area contributed by atoms with Gasteiger partial charge in [0, 0.05) is 30.3 Å². The molecule has 5 nitrogen and oxygen atoms in total. The minimum absolute atomic E-state index is 0.239. The molecule has 0 radical (unpaired) electrons. The first-order valence-electron chi connectivity index (χ1n) is 9.09. The van der Waals surface area contributed by atoms with Gasteiger partial charge in [-0.3, -0.25) is 4.98 Å². The topological polar surface area (TPSA) is 60.2 Å². The van der Waals surface area contributed by atoms with Crippen molar-refractivity contribution in [2.45, 2.75) is 44.9 Å². The van der Waals surface area contributed by atoms with E-state index in [1.54, 1.807) is 6.20 Å². The zero-order valence-electron chi connectivity index (χ0n) is 14.9. The second-order valence-electron chi connectivity index (χ2n) is 6.78. The lowest BCUT2D eigenvalue weighted by atomic mass is 9.93. The molecular weight excluding hydrogens is 326 g/mol. The maximum absolute atomic E-state index is 5.90. The highest BCUT2D eigenvalue weighted by Gasteiger charge is 2.23. The van der Waals surface area contributed by atoms with E-state index in [9.17, 15) is 0 Å². The Kier molecular flexibility index (Phi) is 4.97.